The van der Waals surface area contributed by atoms with Crippen LogP contribution in [0, 0.1) is 0 Å². The SMILES string of the molecule is [2H]c1c([2H])c([2H])c2c(c1[2H])[N+](c1cccc(Oc3ccc4c5ccncc5n(-c5cc(C(C)(C)C)ccn5)c4c3)c1)=C=[N+]2C([2H])([2H])[2H]. The lowest BCUT2D eigenvalue weighted by Crippen LogP contribution is -2.12. The third-order valence-corrected chi connectivity index (χ3v) is 6.99. The van der Waals surface area contributed by atoms with Crippen molar-refractivity contribution in [2.75, 3.05) is 6.98 Å². The first-order chi connectivity index (χ1) is 22.2. The van der Waals surface area contributed by atoms with E-state index in [1.54, 1.807) is 30.5 Å². The summed E-state index contributed by atoms with van der Waals surface area (Å²) in [4.78, 5) is 9.10. The summed E-state index contributed by atoms with van der Waals surface area (Å²) >= 11 is 0. The molecule has 0 atom stereocenters. The van der Waals surface area contributed by atoms with Crippen molar-refractivity contribution in [2.45, 2.75) is 26.2 Å². The van der Waals surface area contributed by atoms with E-state index in [1.165, 1.54) is 4.58 Å². The highest BCUT2D eigenvalue weighted by Gasteiger charge is 2.32. The van der Waals surface area contributed by atoms with Gasteiger partial charge in [0.15, 0.2) is 6.98 Å². The Kier molecular flexibility index (Phi) is 3.94. The molecular formula is C34H29N5O+2. The van der Waals surface area contributed by atoms with Crippen molar-refractivity contribution in [1.82, 2.24) is 19.1 Å². The number of nitrogens with zero attached hydrogens (tertiary/aromatic N) is 5. The Morgan fingerprint density at radius 2 is 1.73 bits per heavy atom. The Bertz CT molecular complexity index is 2350. The van der Waals surface area contributed by atoms with Gasteiger partial charge in [-0.3, -0.25) is 9.55 Å². The number of hydrogen-bond acceptors (Lipinski definition) is 3. The molecule has 1 aliphatic heterocycles. The first-order valence-electron chi connectivity index (χ1n) is 16.3. The van der Waals surface area contributed by atoms with Gasteiger partial charge in [-0.25, -0.2) is 4.98 Å². The van der Waals surface area contributed by atoms with Gasteiger partial charge in [0.1, 0.15) is 21.4 Å². The Morgan fingerprint density at radius 3 is 2.58 bits per heavy atom. The minimum Gasteiger partial charge on any atom is -0.457 e. The zero-order chi connectivity index (χ0) is 33.4. The van der Waals surface area contributed by atoms with Crippen molar-refractivity contribution < 1.29 is 18.9 Å². The molecule has 0 spiro atoms. The van der Waals surface area contributed by atoms with Crippen LogP contribution < -0.4 is 9.31 Å². The van der Waals surface area contributed by atoms with E-state index in [-0.39, 0.29) is 22.8 Å². The summed E-state index contributed by atoms with van der Waals surface area (Å²) in [5.41, 5.74) is 3.08. The number of fused-ring (bicyclic) bond motifs is 4. The fraction of sp³-hybridized carbons (Fsp3) is 0.147. The van der Waals surface area contributed by atoms with E-state index in [2.05, 4.69) is 42.4 Å². The molecule has 0 saturated heterocycles. The van der Waals surface area contributed by atoms with Crippen LogP contribution in [0.1, 0.15) is 35.9 Å². The fourth-order valence-corrected chi connectivity index (χ4v) is 5.00. The van der Waals surface area contributed by atoms with Gasteiger partial charge in [0.05, 0.1) is 28.8 Å². The van der Waals surface area contributed by atoms with Crippen LogP contribution in [0.4, 0.5) is 17.1 Å². The van der Waals surface area contributed by atoms with Crippen LogP contribution in [0.3, 0.4) is 0 Å². The Hall–Kier alpha value is -5.06. The normalized spacial score (nSPS) is 15.7. The first kappa shape index (κ1) is 17.5. The molecule has 6 aromatic rings. The van der Waals surface area contributed by atoms with Gasteiger partial charge in [0.2, 0.25) is 5.69 Å². The van der Waals surface area contributed by atoms with E-state index in [0.717, 1.165) is 37.8 Å². The predicted molar refractivity (Wildman–Crippen MR) is 160 cm³/mol. The van der Waals surface area contributed by atoms with Crippen molar-refractivity contribution in [3.63, 3.8) is 0 Å². The van der Waals surface area contributed by atoms with Crippen LogP contribution in [-0.4, -0.2) is 32.1 Å². The quantitative estimate of drug-likeness (QED) is 0.217. The molecule has 4 heterocycles. The molecule has 0 bridgehead atoms. The van der Waals surface area contributed by atoms with E-state index in [9.17, 15) is 0 Å². The van der Waals surface area contributed by atoms with Crippen molar-refractivity contribution in [3.8, 4) is 17.3 Å². The molecule has 0 fully saturated rings. The number of para-hydroxylation sites is 2. The van der Waals surface area contributed by atoms with Crippen LogP contribution in [0.15, 0.2) is 103 Å². The minimum absolute atomic E-state index is 0.00573. The number of ether oxygens (including phenoxy) is 1. The highest BCUT2D eigenvalue weighted by atomic mass is 16.5. The summed E-state index contributed by atoms with van der Waals surface area (Å²) in [7, 11) is 0. The molecular weight excluding hydrogens is 494 g/mol. The van der Waals surface area contributed by atoms with E-state index in [0.29, 0.717) is 17.2 Å². The highest BCUT2D eigenvalue weighted by molar-refractivity contribution is 6.09. The van der Waals surface area contributed by atoms with Gasteiger partial charge in [-0.15, -0.1) is 0 Å². The number of pyridine rings is 2. The fourth-order valence-electron chi connectivity index (χ4n) is 5.00. The molecule has 0 unspecified atom stereocenters. The van der Waals surface area contributed by atoms with E-state index in [1.807, 2.05) is 42.7 Å². The molecule has 0 saturated carbocycles. The maximum atomic E-state index is 8.56. The lowest BCUT2D eigenvalue weighted by atomic mass is 9.88. The van der Waals surface area contributed by atoms with Gasteiger partial charge in [-0.2, -0.15) is 0 Å². The topological polar surface area (TPSA) is 46.0 Å². The summed E-state index contributed by atoms with van der Waals surface area (Å²) < 4.78 is 67.8. The largest absolute Gasteiger partial charge is 0.496 e. The molecule has 6 heteroatoms. The molecule has 7 rings (SSSR count). The standard InChI is InChI=1S/C34H29N5O/c1-34(2,3)23-14-17-36-33(18-23)39-31-20-26(12-13-27(31)28-15-16-35-21-32(28)39)40-25-9-7-8-24(19-25)38-22-37(4)29-10-5-6-11-30(29)38/h5-21H,1-4H3/q+2/i4D3,5D,6D,10D,11D. The van der Waals surface area contributed by atoms with Gasteiger partial charge in [-0.05, 0) is 52.0 Å². The first-order valence-corrected chi connectivity index (χ1v) is 12.8. The maximum Gasteiger partial charge on any atom is 0.496 e. The van der Waals surface area contributed by atoms with E-state index < -0.39 is 25.1 Å². The zero-order valence-corrected chi connectivity index (χ0v) is 22.1. The Morgan fingerprint density at radius 1 is 0.900 bits per heavy atom. The smallest absolute Gasteiger partial charge is 0.457 e. The average Bonchev–Trinajstić information content (AvgIpc) is 3.60. The van der Waals surface area contributed by atoms with Crippen molar-refractivity contribution in [2.24, 2.45) is 0 Å². The molecule has 6 nitrogen and oxygen atoms in total. The molecule has 194 valence electrons. The lowest BCUT2D eigenvalue weighted by Gasteiger charge is -2.20. The molecule has 0 amide bonds. The second kappa shape index (κ2) is 9.01. The summed E-state index contributed by atoms with van der Waals surface area (Å²) in [6.07, 6.45) is 5.40. The Balaban J connectivity index is 1.34. The lowest BCUT2D eigenvalue weighted by molar-refractivity contribution is -0.394. The van der Waals surface area contributed by atoms with Gasteiger partial charge in [0, 0.05) is 47.4 Å². The summed E-state index contributed by atoms with van der Waals surface area (Å²) in [6, 6.07) is 19.6. The van der Waals surface area contributed by atoms with Gasteiger partial charge in [0.25, 0.3) is 11.4 Å². The molecule has 0 N–H and O–H groups in total. The van der Waals surface area contributed by atoms with Crippen LogP contribution in [0.5, 0.6) is 11.5 Å². The second-order valence-electron chi connectivity index (χ2n) is 10.6. The van der Waals surface area contributed by atoms with E-state index >= 15 is 0 Å². The molecule has 0 radical (unpaired) electrons. The molecule has 3 aromatic heterocycles. The number of benzene rings is 3. The number of rotatable bonds is 4. The van der Waals surface area contributed by atoms with Crippen molar-refractivity contribution in [3.05, 3.63) is 109 Å². The third kappa shape index (κ3) is 3.98. The molecule has 40 heavy (non-hydrogen) atoms. The van der Waals surface area contributed by atoms with Gasteiger partial charge in [-0.1, -0.05) is 43.5 Å². The number of hydrogen-bond donors (Lipinski definition) is 0. The second-order valence-corrected chi connectivity index (χ2v) is 10.6. The minimum atomic E-state index is -2.74. The van der Waals surface area contributed by atoms with Gasteiger partial charge >= 0.3 is 6.01 Å². The predicted octanol–water partition coefficient (Wildman–Crippen LogP) is 7.96. The number of aromatic nitrogens is 3. The molecule has 0 aliphatic carbocycles. The summed E-state index contributed by atoms with van der Waals surface area (Å²) in [6.45, 7) is 3.74. The monoisotopic (exact) mass is 530 g/mol. The molecule has 3 aromatic carbocycles. The van der Waals surface area contributed by atoms with Crippen LogP contribution in [-0.2, 0) is 5.41 Å². The summed E-state index contributed by atoms with van der Waals surface area (Å²) in [5.74, 6) is 1.72. The van der Waals surface area contributed by atoms with E-state index in [4.69, 9.17) is 19.3 Å². The van der Waals surface area contributed by atoms with Crippen LogP contribution >= 0.6 is 0 Å². The van der Waals surface area contributed by atoms with Crippen molar-refractivity contribution >= 4 is 44.9 Å². The Labute approximate surface area is 242 Å². The van der Waals surface area contributed by atoms with Crippen LogP contribution in [0.25, 0.3) is 27.6 Å². The summed E-state index contributed by atoms with van der Waals surface area (Å²) in [5, 5.41) is 2.02. The third-order valence-electron chi connectivity index (χ3n) is 6.99. The van der Waals surface area contributed by atoms with Crippen LogP contribution in [0.2, 0.25) is 0 Å². The molecule has 1 aliphatic rings. The maximum absolute atomic E-state index is 8.56. The zero-order valence-electron chi connectivity index (χ0n) is 29.1. The van der Waals surface area contributed by atoms with Gasteiger partial charge < -0.3 is 4.74 Å². The highest BCUT2D eigenvalue weighted by Crippen LogP contribution is 2.37. The van der Waals surface area contributed by atoms with Crippen molar-refractivity contribution in [1.29, 1.82) is 0 Å². The average molecular weight is 531 g/mol.